The number of hydrogen-bond donors (Lipinski definition) is 2. The van der Waals surface area contributed by atoms with Crippen LogP contribution in [0.1, 0.15) is 17.5 Å². The molecule has 8 heteroatoms. The normalized spacial score (nSPS) is 11.5. The molecule has 0 aliphatic heterocycles. The van der Waals surface area contributed by atoms with Gasteiger partial charge in [0.2, 0.25) is 5.13 Å². The molecule has 6 nitrogen and oxygen atoms in total. The molecule has 0 fully saturated rings. The molecule has 0 unspecified atom stereocenters. The van der Waals surface area contributed by atoms with Gasteiger partial charge in [-0.3, -0.25) is 4.72 Å². The van der Waals surface area contributed by atoms with Gasteiger partial charge < -0.3 is 5.73 Å². The van der Waals surface area contributed by atoms with E-state index in [2.05, 4.69) is 14.9 Å². The molecular weight excluding hydrogens is 284 g/mol. The zero-order valence-corrected chi connectivity index (χ0v) is 12.0. The van der Waals surface area contributed by atoms with Crippen molar-refractivity contribution in [3.8, 4) is 0 Å². The van der Waals surface area contributed by atoms with Gasteiger partial charge in [0.1, 0.15) is 5.01 Å². The van der Waals surface area contributed by atoms with Crippen LogP contribution < -0.4 is 10.5 Å². The van der Waals surface area contributed by atoms with Crippen molar-refractivity contribution in [2.45, 2.75) is 24.8 Å². The van der Waals surface area contributed by atoms with Crippen LogP contribution in [0.25, 0.3) is 0 Å². The first-order valence-electron chi connectivity index (χ1n) is 5.69. The van der Waals surface area contributed by atoms with Crippen molar-refractivity contribution < 1.29 is 8.42 Å². The maximum Gasteiger partial charge on any atom is 0.263 e. The summed E-state index contributed by atoms with van der Waals surface area (Å²) >= 11 is 1.23. The fourth-order valence-electron chi connectivity index (χ4n) is 1.45. The van der Waals surface area contributed by atoms with Crippen LogP contribution in [-0.2, 0) is 23.0 Å². The summed E-state index contributed by atoms with van der Waals surface area (Å²) in [4.78, 5) is 0.170. The Morgan fingerprint density at radius 1 is 1.37 bits per heavy atom. The highest BCUT2D eigenvalue weighted by molar-refractivity contribution is 7.93. The molecule has 0 atom stereocenters. The summed E-state index contributed by atoms with van der Waals surface area (Å²) in [5, 5.41) is 8.72. The predicted molar refractivity (Wildman–Crippen MR) is 74.4 cm³/mol. The highest BCUT2D eigenvalue weighted by Crippen LogP contribution is 2.20. The van der Waals surface area contributed by atoms with Gasteiger partial charge in [0.25, 0.3) is 10.0 Å². The van der Waals surface area contributed by atoms with Crippen LogP contribution in [-0.4, -0.2) is 18.6 Å². The summed E-state index contributed by atoms with van der Waals surface area (Å²) in [7, 11) is -3.64. The molecule has 0 bridgehead atoms. The fraction of sp³-hybridized carbons (Fsp3) is 0.273. The number of anilines is 1. The summed E-state index contributed by atoms with van der Waals surface area (Å²) in [6.07, 6.45) is 0.724. The van der Waals surface area contributed by atoms with Gasteiger partial charge in [0, 0.05) is 6.54 Å². The molecule has 3 N–H and O–H groups in total. The number of rotatable bonds is 5. The molecule has 2 rings (SSSR count). The third-order valence-corrected chi connectivity index (χ3v) is 4.88. The Kier molecular flexibility index (Phi) is 4.13. The molecule has 0 saturated carbocycles. The van der Waals surface area contributed by atoms with E-state index < -0.39 is 10.0 Å². The van der Waals surface area contributed by atoms with Crippen LogP contribution in [0.4, 0.5) is 5.13 Å². The Bertz CT molecular complexity index is 667. The lowest BCUT2D eigenvalue weighted by atomic mass is 10.2. The van der Waals surface area contributed by atoms with E-state index in [-0.39, 0.29) is 10.0 Å². The van der Waals surface area contributed by atoms with E-state index in [0.29, 0.717) is 6.54 Å². The third kappa shape index (κ3) is 3.28. The van der Waals surface area contributed by atoms with Crippen LogP contribution in [0, 0.1) is 0 Å². The Labute approximate surface area is 115 Å². The van der Waals surface area contributed by atoms with Crippen LogP contribution >= 0.6 is 11.3 Å². The van der Waals surface area contributed by atoms with Gasteiger partial charge in [-0.25, -0.2) is 8.42 Å². The second kappa shape index (κ2) is 5.64. The predicted octanol–water partition coefficient (Wildman–Crippen LogP) is 1.36. The van der Waals surface area contributed by atoms with Crippen LogP contribution in [0.2, 0.25) is 0 Å². The lowest BCUT2D eigenvalue weighted by Crippen LogP contribution is -2.13. The van der Waals surface area contributed by atoms with Crippen LogP contribution in [0.3, 0.4) is 0 Å². The number of aromatic nitrogens is 2. The number of nitrogens with one attached hydrogen (secondary N) is 1. The molecule has 0 spiro atoms. The van der Waals surface area contributed by atoms with Gasteiger partial charge in [0.05, 0.1) is 4.90 Å². The van der Waals surface area contributed by atoms with Crippen molar-refractivity contribution in [3.05, 3.63) is 34.8 Å². The molecule has 2 aromatic rings. The second-order valence-corrected chi connectivity index (χ2v) is 6.56. The minimum absolute atomic E-state index is 0.170. The number of sulfonamides is 1. The molecule has 1 aromatic carbocycles. The first-order chi connectivity index (χ1) is 9.05. The highest BCUT2D eigenvalue weighted by atomic mass is 32.2. The summed E-state index contributed by atoms with van der Waals surface area (Å²) in [6, 6.07) is 6.50. The topological polar surface area (TPSA) is 98.0 Å². The number of nitrogens with two attached hydrogens (primary N) is 1. The fourth-order valence-corrected chi connectivity index (χ4v) is 3.43. The Balaban J connectivity index is 2.26. The van der Waals surface area contributed by atoms with Crippen molar-refractivity contribution >= 4 is 26.5 Å². The van der Waals surface area contributed by atoms with Crippen molar-refractivity contribution in [1.29, 1.82) is 0 Å². The highest BCUT2D eigenvalue weighted by Gasteiger charge is 2.16. The number of benzene rings is 1. The Hall–Kier alpha value is -1.51. The quantitative estimate of drug-likeness (QED) is 0.868. The maximum absolute atomic E-state index is 12.2. The van der Waals surface area contributed by atoms with E-state index in [1.165, 1.54) is 17.4 Å². The standard InChI is InChI=1S/C11H14N4O2S2/c1-2-10-13-14-11(18-10)15-19(16,17)9-5-3-4-8(6-9)7-12/h3-6H,2,7,12H2,1H3,(H,14,15). The maximum atomic E-state index is 12.2. The lowest BCUT2D eigenvalue weighted by Gasteiger charge is -2.05. The molecule has 0 amide bonds. The number of aryl methyl sites for hydroxylation is 1. The smallest absolute Gasteiger partial charge is 0.263 e. The van der Waals surface area contributed by atoms with Crippen LogP contribution in [0.15, 0.2) is 29.2 Å². The van der Waals surface area contributed by atoms with Gasteiger partial charge in [-0.1, -0.05) is 30.4 Å². The van der Waals surface area contributed by atoms with Gasteiger partial charge >= 0.3 is 0 Å². The first-order valence-corrected chi connectivity index (χ1v) is 7.99. The Morgan fingerprint density at radius 2 is 2.16 bits per heavy atom. The van der Waals surface area contributed by atoms with E-state index in [4.69, 9.17) is 5.73 Å². The van der Waals surface area contributed by atoms with Gasteiger partial charge in [0.15, 0.2) is 0 Å². The molecule has 0 saturated heterocycles. The van der Waals surface area contributed by atoms with Gasteiger partial charge in [-0.05, 0) is 24.1 Å². The van der Waals surface area contributed by atoms with Gasteiger partial charge in [-0.2, -0.15) is 0 Å². The minimum Gasteiger partial charge on any atom is -0.326 e. The lowest BCUT2D eigenvalue weighted by molar-refractivity contribution is 0.601. The second-order valence-electron chi connectivity index (χ2n) is 3.81. The molecular formula is C11H14N4O2S2. The third-order valence-electron chi connectivity index (χ3n) is 2.44. The first kappa shape index (κ1) is 13.9. The van der Waals surface area contributed by atoms with Gasteiger partial charge in [-0.15, -0.1) is 10.2 Å². The van der Waals surface area contributed by atoms with E-state index >= 15 is 0 Å². The molecule has 1 heterocycles. The summed E-state index contributed by atoms with van der Waals surface area (Å²) in [5.74, 6) is 0. The van der Waals surface area contributed by atoms with Crippen molar-refractivity contribution in [3.63, 3.8) is 0 Å². The average Bonchev–Trinajstić information content (AvgIpc) is 2.85. The van der Waals surface area contributed by atoms with E-state index in [9.17, 15) is 8.42 Å². The largest absolute Gasteiger partial charge is 0.326 e. The summed E-state index contributed by atoms with van der Waals surface area (Å²) in [6.45, 7) is 2.23. The Morgan fingerprint density at radius 3 is 2.79 bits per heavy atom. The van der Waals surface area contributed by atoms with Crippen LogP contribution in [0.5, 0.6) is 0 Å². The number of nitrogens with zero attached hydrogens (tertiary/aromatic N) is 2. The zero-order valence-electron chi connectivity index (χ0n) is 10.3. The van der Waals surface area contributed by atoms with E-state index in [1.807, 2.05) is 6.92 Å². The average molecular weight is 298 g/mol. The van der Waals surface area contributed by atoms with Crippen molar-refractivity contribution in [1.82, 2.24) is 10.2 Å². The number of hydrogen-bond acceptors (Lipinski definition) is 6. The van der Waals surface area contributed by atoms with E-state index in [0.717, 1.165) is 17.0 Å². The van der Waals surface area contributed by atoms with Crippen molar-refractivity contribution in [2.75, 3.05) is 4.72 Å². The molecule has 102 valence electrons. The molecule has 19 heavy (non-hydrogen) atoms. The van der Waals surface area contributed by atoms with Crippen molar-refractivity contribution in [2.24, 2.45) is 5.73 Å². The summed E-state index contributed by atoms with van der Waals surface area (Å²) < 4.78 is 26.7. The zero-order chi connectivity index (χ0) is 13.9. The molecule has 1 aromatic heterocycles. The SMILES string of the molecule is CCc1nnc(NS(=O)(=O)c2cccc(CN)c2)s1. The molecule has 0 aliphatic carbocycles. The summed E-state index contributed by atoms with van der Waals surface area (Å²) in [5.41, 5.74) is 6.26. The van der Waals surface area contributed by atoms with E-state index in [1.54, 1.807) is 18.2 Å². The molecule has 0 radical (unpaired) electrons. The monoisotopic (exact) mass is 298 g/mol. The molecule has 0 aliphatic rings. The minimum atomic E-state index is -3.64.